The van der Waals surface area contributed by atoms with Crippen LogP contribution in [0.3, 0.4) is 0 Å². The highest BCUT2D eigenvalue weighted by atomic mass is 16.1. The molecule has 0 aromatic carbocycles. The Labute approximate surface area is 76.3 Å². The van der Waals surface area contributed by atoms with Crippen LogP contribution in [0.15, 0.2) is 24.4 Å². The molecule has 1 aromatic rings. The second-order valence-electron chi connectivity index (χ2n) is 2.39. The van der Waals surface area contributed by atoms with Gasteiger partial charge in [-0.15, -0.1) is 0 Å². The first kappa shape index (κ1) is 9.14. The Morgan fingerprint density at radius 2 is 2.46 bits per heavy atom. The van der Waals surface area contributed by atoms with Gasteiger partial charge in [-0.05, 0) is 18.2 Å². The van der Waals surface area contributed by atoms with Crippen LogP contribution in [-0.2, 0) is 4.79 Å². The van der Waals surface area contributed by atoms with Crippen LogP contribution in [0, 0.1) is 11.3 Å². The summed E-state index contributed by atoms with van der Waals surface area (Å²) in [4.78, 5) is 14.0. The van der Waals surface area contributed by atoms with E-state index in [9.17, 15) is 4.79 Å². The van der Waals surface area contributed by atoms with Crippen molar-refractivity contribution in [2.45, 2.75) is 6.42 Å². The van der Waals surface area contributed by atoms with E-state index in [2.05, 4.69) is 4.98 Å². The number of hydrogen-bond acceptors (Lipinski definition) is 3. The molecule has 13 heavy (non-hydrogen) atoms. The number of carbonyl (C=O) groups excluding carboxylic acids is 1. The van der Waals surface area contributed by atoms with Crippen molar-refractivity contribution in [3.05, 3.63) is 35.7 Å². The van der Waals surface area contributed by atoms with Crippen molar-refractivity contribution in [1.29, 1.82) is 5.26 Å². The molecule has 64 valence electrons. The molecule has 0 aliphatic heterocycles. The molecule has 1 heterocycles. The number of allylic oxidation sites excluding steroid dienone is 1. The number of rotatable bonds is 3. The molecule has 1 aromatic heterocycles. The van der Waals surface area contributed by atoms with Crippen LogP contribution < -0.4 is 0 Å². The van der Waals surface area contributed by atoms with Crippen molar-refractivity contribution >= 4 is 12.4 Å². The van der Waals surface area contributed by atoms with Gasteiger partial charge in [-0.2, -0.15) is 5.26 Å². The van der Waals surface area contributed by atoms with Gasteiger partial charge in [0.15, 0.2) is 0 Å². The van der Waals surface area contributed by atoms with Gasteiger partial charge in [0.1, 0.15) is 6.29 Å². The molecule has 0 aliphatic carbocycles. The van der Waals surface area contributed by atoms with Crippen molar-refractivity contribution in [2.24, 2.45) is 0 Å². The Bertz CT molecular complexity index is 363. The van der Waals surface area contributed by atoms with Crippen LogP contribution in [0.2, 0.25) is 0 Å². The van der Waals surface area contributed by atoms with Gasteiger partial charge in [0.05, 0.1) is 17.3 Å². The second kappa shape index (κ2) is 4.83. The second-order valence-corrected chi connectivity index (χ2v) is 2.39. The minimum absolute atomic E-state index is 0.373. The van der Waals surface area contributed by atoms with E-state index in [-0.39, 0.29) is 0 Å². The van der Waals surface area contributed by atoms with Gasteiger partial charge in [0, 0.05) is 12.6 Å². The molecular formula is C10H8N2O. The number of nitrogens with zero attached hydrogens (tertiary/aromatic N) is 2. The zero-order valence-electron chi connectivity index (χ0n) is 6.97. The maximum Gasteiger partial charge on any atom is 0.123 e. The lowest BCUT2D eigenvalue weighted by Gasteiger charge is -1.91. The summed E-state index contributed by atoms with van der Waals surface area (Å²) in [6.45, 7) is 0. The fourth-order valence-electron chi connectivity index (χ4n) is 0.853. The first-order valence-electron chi connectivity index (χ1n) is 3.83. The zero-order valence-corrected chi connectivity index (χ0v) is 6.97. The predicted octanol–water partition coefficient (Wildman–Crippen LogP) is 1.56. The molecule has 0 saturated heterocycles. The lowest BCUT2D eigenvalue weighted by atomic mass is 10.2. The molecule has 0 amide bonds. The summed E-state index contributed by atoms with van der Waals surface area (Å²) in [5, 5.41) is 8.58. The van der Waals surface area contributed by atoms with E-state index in [4.69, 9.17) is 5.26 Å². The molecular weight excluding hydrogens is 164 g/mol. The Morgan fingerprint density at radius 3 is 3.15 bits per heavy atom. The van der Waals surface area contributed by atoms with Crippen molar-refractivity contribution in [3.63, 3.8) is 0 Å². The highest BCUT2D eigenvalue weighted by molar-refractivity contribution is 5.57. The van der Waals surface area contributed by atoms with Crippen LogP contribution in [0.5, 0.6) is 0 Å². The normalized spacial score (nSPS) is 9.77. The molecule has 0 fully saturated rings. The topological polar surface area (TPSA) is 53.8 Å². The molecule has 0 radical (unpaired) electrons. The molecule has 3 heteroatoms. The van der Waals surface area contributed by atoms with Gasteiger partial charge < -0.3 is 4.79 Å². The Balaban J connectivity index is 2.78. The van der Waals surface area contributed by atoms with Gasteiger partial charge in [0.25, 0.3) is 0 Å². The van der Waals surface area contributed by atoms with Crippen LogP contribution >= 0.6 is 0 Å². The van der Waals surface area contributed by atoms with Crippen molar-refractivity contribution in [1.82, 2.24) is 4.98 Å². The number of pyridine rings is 1. The number of nitriles is 1. The predicted molar refractivity (Wildman–Crippen MR) is 48.7 cm³/mol. The van der Waals surface area contributed by atoms with E-state index < -0.39 is 0 Å². The lowest BCUT2D eigenvalue weighted by Crippen LogP contribution is -1.81. The largest absolute Gasteiger partial charge is 0.303 e. The molecule has 0 saturated carbocycles. The average molecular weight is 172 g/mol. The van der Waals surface area contributed by atoms with Crippen molar-refractivity contribution in [2.75, 3.05) is 0 Å². The summed E-state index contributed by atoms with van der Waals surface area (Å²) in [6.07, 6.45) is 6.17. The first-order valence-corrected chi connectivity index (χ1v) is 3.83. The van der Waals surface area contributed by atoms with Crippen LogP contribution in [0.1, 0.15) is 17.7 Å². The summed E-state index contributed by atoms with van der Waals surface area (Å²) >= 11 is 0. The van der Waals surface area contributed by atoms with Crippen molar-refractivity contribution in [3.8, 4) is 6.07 Å². The Morgan fingerprint density at radius 1 is 1.62 bits per heavy atom. The quantitative estimate of drug-likeness (QED) is 0.650. The van der Waals surface area contributed by atoms with E-state index in [1.165, 1.54) is 0 Å². The molecule has 1 rings (SSSR count). The standard InChI is InChI=1S/C10H8N2O/c11-8-9-4-5-12-10(7-9)3-1-2-6-13/h1,3-7H,2H2. The minimum atomic E-state index is 0.373. The van der Waals surface area contributed by atoms with Gasteiger partial charge in [-0.3, -0.25) is 4.98 Å². The molecule has 0 bridgehead atoms. The third-order valence-corrected chi connectivity index (χ3v) is 1.43. The molecule has 3 nitrogen and oxygen atoms in total. The average Bonchev–Trinajstić information content (AvgIpc) is 2.19. The number of aromatic nitrogens is 1. The van der Waals surface area contributed by atoms with Gasteiger partial charge in [-0.25, -0.2) is 0 Å². The molecule has 0 atom stereocenters. The summed E-state index contributed by atoms with van der Waals surface area (Å²) in [7, 11) is 0. The SMILES string of the molecule is N#Cc1ccnc(C=CCC=O)c1. The van der Waals surface area contributed by atoms with E-state index in [0.717, 1.165) is 6.29 Å². The Hall–Kier alpha value is -1.95. The van der Waals surface area contributed by atoms with Crippen LogP contribution in [0.4, 0.5) is 0 Å². The maximum absolute atomic E-state index is 9.99. The number of carbonyl (C=O) groups is 1. The lowest BCUT2D eigenvalue weighted by molar-refractivity contribution is -0.107. The van der Waals surface area contributed by atoms with Crippen molar-refractivity contribution < 1.29 is 4.79 Å². The third-order valence-electron chi connectivity index (χ3n) is 1.43. The zero-order chi connectivity index (χ0) is 9.52. The summed E-state index contributed by atoms with van der Waals surface area (Å²) in [5.74, 6) is 0. The highest BCUT2D eigenvalue weighted by Crippen LogP contribution is 2.02. The summed E-state index contributed by atoms with van der Waals surface area (Å²) < 4.78 is 0. The summed E-state index contributed by atoms with van der Waals surface area (Å²) in [5.41, 5.74) is 1.27. The fourth-order valence-corrected chi connectivity index (χ4v) is 0.853. The fraction of sp³-hybridized carbons (Fsp3) is 0.100. The Kier molecular flexibility index (Phi) is 3.40. The third kappa shape index (κ3) is 2.88. The van der Waals surface area contributed by atoms with E-state index in [1.807, 2.05) is 6.07 Å². The molecule has 0 spiro atoms. The smallest absolute Gasteiger partial charge is 0.123 e. The molecule has 0 N–H and O–H groups in total. The highest BCUT2D eigenvalue weighted by Gasteiger charge is 1.90. The minimum Gasteiger partial charge on any atom is -0.303 e. The monoisotopic (exact) mass is 172 g/mol. The van der Waals surface area contributed by atoms with Gasteiger partial charge >= 0.3 is 0 Å². The van der Waals surface area contributed by atoms with E-state index in [1.54, 1.807) is 30.5 Å². The molecule has 0 unspecified atom stereocenters. The first-order chi connectivity index (χ1) is 6.36. The number of aldehydes is 1. The maximum atomic E-state index is 9.99. The molecule has 0 aliphatic rings. The van der Waals surface area contributed by atoms with Gasteiger partial charge in [0.2, 0.25) is 0 Å². The van der Waals surface area contributed by atoms with Crippen LogP contribution in [0.25, 0.3) is 6.08 Å². The van der Waals surface area contributed by atoms with Crippen LogP contribution in [-0.4, -0.2) is 11.3 Å². The van der Waals surface area contributed by atoms with E-state index >= 15 is 0 Å². The number of hydrogen-bond donors (Lipinski definition) is 0. The van der Waals surface area contributed by atoms with Gasteiger partial charge in [-0.1, -0.05) is 6.08 Å². The van der Waals surface area contributed by atoms with E-state index in [0.29, 0.717) is 17.7 Å². The summed E-state index contributed by atoms with van der Waals surface area (Å²) in [6, 6.07) is 5.32.